The summed E-state index contributed by atoms with van der Waals surface area (Å²) in [7, 11) is 1.84. The van der Waals surface area contributed by atoms with Crippen molar-refractivity contribution in [3.05, 3.63) is 12.4 Å². The van der Waals surface area contributed by atoms with Gasteiger partial charge in [-0.2, -0.15) is 0 Å². The van der Waals surface area contributed by atoms with Crippen LogP contribution in [0.3, 0.4) is 0 Å². The van der Waals surface area contributed by atoms with Crippen LogP contribution >= 0.6 is 0 Å². The van der Waals surface area contributed by atoms with Gasteiger partial charge in [0.2, 0.25) is 0 Å². The number of carbonyl (C=O) groups excluding carboxylic acids is 2. The van der Waals surface area contributed by atoms with E-state index in [1.165, 1.54) is 6.92 Å². The number of hydrogen-bond donors (Lipinski definition) is 0. The molecule has 1 heterocycles. The Morgan fingerprint density at radius 2 is 2.00 bits per heavy atom. The van der Waals surface area contributed by atoms with Crippen LogP contribution in [-0.4, -0.2) is 41.5 Å². The van der Waals surface area contributed by atoms with E-state index in [1.54, 1.807) is 0 Å². The van der Waals surface area contributed by atoms with Crippen molar-refractivity contribution in [1.29, 1.82) is 0 Å². The molecule has 0 radical (unpaired) electrons. The van der Waals surface area contributed by atoms with E-state index in [0.717, 1.165) is 6.54 Å². The molecule has 0 amide bonds. The minimum absolute atomic E-state index is 0.00204. The highest BCUT2D eigenvalue weighted by atomic mass is 16.6. The molecule has 1 aliphatic rings. The van der Waals surface area contributed by atoms with Crippen molar-refractivity contribution in [3.8, 4) is 0 Å². The van der Waals surface area contributed by atoms with E-state index < -0.39 is 0 Å². The molecule has 16 heavy (non-hydrogen) atoms. The van der Waals surface area contributed by atoms with E-state index >= 15 is 0 Å². The van der Waals surface area contributed by atoms with E-state index in [9.17, 15) is 9.59 Å². The van der Waals surface area contributed by atoms with Crippen LogP contribution in [-0.2, 0) is 14.3 Å². The first kappa shape index (κ1) is 12.5. The monoisotopic (exact) mass is 226 g/mol. The largest absolute Gasteiger partial charge is 0.422 e. The predicted octanol–water partition coefficient (Wildman–Crippen LogP) is 0.921. The molecule has 1 aliphatic heterocycles. The molecule has 0 saturated heterocycles. The van der Waals surface area contributed by atoms with Crippen molar-refractivity contribution in [2.75, 3.05) is 13.6 Å². The second-order valence-corrected chi connectivity index (χ2v) is 3.81. The predicted molar refractivity (Wildman–Crippen MR) is 59.1 cm³/mol. The van der Waals surface area contributed by atoms with Gasteiger partial charge in [0.1, 0.15) is 5.78 Å². The Labute approximate surface area is 95.6 Å². The summed E-state index contributed by atoms with van der Waals surface area (Å²) in [4.78, 5) is 25.9. The number of carbonyl (C=O) groups is 2. The summed E-state index contributed by atoms with van der Waals surface area (Å²) in [6.45, 7) is 4.22. The SMILES string of the molecule is CCN1C=CN(C)C1OC(=O)CCC(C)=O. The van der Waals surface area contributed by atoms with Gasteiger partial charge in [-0.05, 0) is 13.8 Å². The van der Waals surface area contributed by atoms with Gasteiger partial charge in [0.25, 0.3) is 6.35 Å². The van der Waals surface area contributed by atoms with Gasteiger partial charge in [0.05, 0.1) is 6.42 Å². The van der Waals surface area contributed by atoms with E-state index in [-0.39, 0.29) is 30.9 Å². The first-order valence-electron chi connectivity index (χ1n) is 5.39. The second-order valence-electron chi connectivity index (χ2n) is 3.81. The van der Waals surface area contributed by atoms with E-state index in [0.29, 0.717) is 0 Å². The molecule has 0 N–H and O–H groups in total. The quantitative estimate of drug-likeness (QED) is 0.652. The van der Waals surface area contributed by atoms with Gasteiger partial charge in [0, 0.05) is 32.4 Å². The van der Waals surface area contributed by atoms with Crippen LogP contribution in [0.5, 0.6) is 0 Å². The minimum atomic E-state index is -0.371. The summed E-state index contributed by atoms with van der Waals surface area (Å²) in [6, 6.07) is 0. The topological polar surface area (TPSA) is 49.9 Å². The highest BCUT2D eigenvalue weighted by molar-refractivity contribution is 5.81. The van der Waals surface area contributed by atoms with Gasteiger partial charge in [0.15, 0.2) is 0 Å². The summed E-state index contributed by atoms with van der Waals surface area (Å²) < 4.78 is 5.28. The first-order valence-corrected chi connectivity index (χ1v) is 5.39. The average Bonchev–Trinajstić information content (AvgIpc) is 2.57. The Hall–Kier alpha value is -1.52. The average molecular weight is 226 g/mol. The third kappa shape index (κ3) is 3.25. The lowest BCUT2D eigenvalue weighted by atomic mass is 10.2. The van der Waals surface area contributed by atoms with Crippen molar-refractivity contribution >= 4 is 11.8 Å². The smallest absolute Gasteiger partial charge is 0.309 e. The molecule has 5 nitrogen and oxygen atoms in total. The molecule has 0 bridgehead atoms. The molecule has 0 aromatic carbocycles. The Bertz CT molecular complexity index is 302. The molecule has 1 unspecified atom stereocenters. The maximum absolute atomic E-state index is 11.5. The van der Waals surface area contributed by atoms with Crippen LogP contribution in [0.25, 0.3) is 0 Å². The molecule has 0 aliphatic carbocycles. The molecular weight excluding hydrogens is 208 g/mol. The van der Waals surface area contributed by atoms with Crippen molar-refractivity contribution in [1.82, 2.24) is 9.80 Å². The highest BCUT2D eigenvalue weighted by Crippen LogP contribution is 2.15. The zero-order valence-corrected chi connectivity index (χ0v) is 9.97. The van der Waals surface area contributed by atoms with Crippen LogP contribution in [0.15, 0.2) is 12.4 Å². The fourth-order valence-electron chi connectivity index (χ4n) is 1.44. The number of rotatable bonds is 5. The Morgan fingerprint density at radius 3 is 2.56 bits per heavy atom. The molecule has 0 saturated carbocycles. The van der Waals surface area contributed by atoms with Crippen LogP contribution in [0, 0.1) is 0 Å². The van der Waals surface area contributed by atoms with E-state index in [2.05, 4.69) is 0 Å². The van der Waals surface area contributed by atoms with Crippen LogP contribution < -0.4 is 0 Å². The summed E-state index contributed by atoms with van der Waals surface area (Å²) >= 11 is 0. The van der Waals surface area contributed by atoms with Gasteiger partial charge in [-0.15, -0.1) is 0 Å². The maximum atomic E-state index is 11.5. The maximum Gasteiger partial charge on any atom is 0.309 e. The number of esters is 1. The van der Waals surface area contributed by atoms with Crippen LogP contribution in [0.4, 0.5) is 0 Å². The molecule has 1 atom stereocenters. The summed E-state index contributed by atoms with van der Waals surface area (Å²) in [5, 5.41) is 0. The zero-order chi connectivity index (χ0) is 12.1. The summed E-state index contributed by atoms with van der Waals surface area (Å²) in [6.07, 6.45) is 3.76. The molecule has 0 aromatic rings. The van der Waals surface area contributed by atoms with Gasteiger partial charge in [-0.3, -0.25) is 4.79 Å². The molecule has 0 fully saturated rings. The van der Waals surface area contributed by atoms with E-state index in [1.807, 2.05) is 36.2 Å². The molecule has 90 valence electrons. The third-order valence-electron chi connectivity index (χ3n) is 2.41. The standard InChI is InChI=1S/C11H18N2O3/c1-4-13-8-7-12(3)11(13)16-10(15)6-5-9(2)14/h7-8,11H,4-6H2,1-3H3. The number of nitrogens with zero attached hydrogens (tertiary/aromatic N) is 2. The fourth-order valence-corrected chi connectivity index (χ4v) is 1.44. The van der Waals surface area contributed by atoms with E-state index in [4.69, 9.17) is 4.74 Å². The Kier molecular flexibility index (Phi) is 4.34. The number of ether oxygens (including phenoxy) is 1. The number of ketones is 1. The number of hydrogen-bond acceptors (Lipinski definition) is 5. The lowest BCUT2D eigenvalue weighted by molar-refractivity contribution is -0.167. The normalized spacial score (nSPS) is 19.1. The molecular formula is C11H18N2O3. The lowest BCUT2D eigenvalue weighted by Gasteiger charge is -2.28. The summed E-state index contributed by atoms with van der Waals surface area (Å²) in [5.74, 6) is -0.337. The third-order valence-corrected chi connectivity index (χ3v) is 2.41. The lowest BCUT2D eigenvalue weighted by Crippen LogP contribution is -2.40. The minimum Gasteiger partial charge on any atom is -0.422 e. The zero-order valence-electron chi connectivity index (χ0n) is 9.97. The first-order chi connectivity index (χ1) is 7.54. The Morgan fingerprint density at radius 1 is 1.31 bits per heavy atom. The highest BCUT2D eigenvalue weighted by Gasteiger charge is 2.25. The number of Topliss-reactive ketones (excluding diaryl/α,β-unsaturated/α-hetero) is 1. The fraction of sp³-hybridized carbons (Fsp3) is 0.636. The van der Waals surface area contributed by atoms with Gasteiger partial charge in [-0.1, -0.05) is 0 Å². The molecule has 0 aromatic heterocycles. The molecule has 0 spiro atoms. The Balaban J connectivity index is 2.41. The van der Waals surface area contributed by atoms with Crippen LogP contribution in [0.2, 0.25) is 0 Å². The second kappa shape index (κ2) is 5.53. The molecule has 5 heteroatoms. The summed E-state index contributed by atoms with van der Waals surface area (Å²) in [5.41, 5.74) is 0. The van der Waals surface area contributed by atoms with Gasteiger partial charge < -0.3 is 19.3 Å². The van der Waals surface area contributed by atoms with Gasteiger partial charge in [-0.25, -0.2) is 0 Å². The van der Waals surface area contributed by atoms with Crippen molar-refractivity contribution < 1.29 is 14.3 Å². The van der Waals surface area contributed by atoms with Crippen molar-refractivity contribution in [3.63, 3.8) is 0 Å². The van der Waals surface area contributed by atoms with Gasteiger partial charge >= 0.3 is 5.97 Å². The molecule has 1 rings (SSSR count). The van der Waals surface area contributed by atoms with Crippen LogP contribution in [0.1, 0.15) is 26.7 Å². The van der Waals surface area contributed by atoms with Crippen molar-refractivity contribution in [2.45, 2.75) is 33.0 Å². The van der Waals surface area contributed by atoms with Crippen molar-refractivity contribution in [2.24, 2.45) is 0 Å².